The first-order valence-corrected chi connectivity index (χ1v) is 4.09. The first kappa shape index (κ1) is 10.4. The highest BCUT2D eigenvalue weighted by Crippen LogP contribution is 1.91. The Bertz CT molecular complexity index is 115. The van der Waals surface area contributed by atoms with Gasteiger partial charge in [-0.3, -0.25) is 4.79 Å². The van der Waals surface area contributed by atoms with E-state index in [2.05, 4.69) is 24.2 Å². The molecule has 0 aromatic carbocycles. The summed E-state index contributed by atoms with van der Waals surface area (Å²) in [7, 11) is 3.73. The SMILES string of the molecule is CCN(C)CCCC(=O)NC. The van der Waals surface area contributed by atoms with Gasteiger partial charge in [0.2, 0.25) is 5.91 Å². The van der Waals surface area contributed by atoms with Crippen molar-refractivity contribution in [1.82, 2.24) is 10.2 Å². The molecule has 11 heavy (non-hydrogen) atoms. The van der Waals surface area contributed by atoms with E-state index in [-0.39, 0.29) is 5.91 Å². The zero-order valence-corrected chi connectivity index (χ0v) is 7.68. The molecule has 0 saturated heterocycles. The van der Waals surface area contributed by atoms with Crippen LogP contribution in [-0.4, -0.2) is 38.0 Å². The van der Waals surface area contributed by atoms with Crippen molar-refractivity contribution in [1.29, 1.82) is 0 Å². The maximum atomic E-state index is 10.8. The van der Waals surface area contributed by atoms with Gasteiger partial charge < -0.3 is 10.2 Å². The lowest BCUT2D eigenvalue weighted by Crippen LogP contribution is -2.22. The summed E-state index contributed by atoms with van der Waals surface area (Å²) in [6, 6.07) is 0. The summed E-state index contributed by atoms with van der Waals surface area (Å²) in [6.07, 6.45) is 1.59. The molecule has 0 rings (SSSR count). The van der Waals surface area contributed by atoms with Crippen molar-refractivity contribution in [3.05, 3.63) is 0 Å². The molecular formula is C8H18N2O. The second-order valence-corrected chi connectivity index (χ2v) is 2.67. The van der Waals surface area contributed by atoms with Crippen molar-refractivity contribution < 1.29 is 4.79 Å². The molecule has 66 valence electrons. The Morgan fingerprint density at radius 2 is 2.18 bits per heavy atom. The van der Waals surface area contributed by atoms with Gasteiger partial charge in [-0.25, -0.2) is 0 Å². The molecule has 0 fully saturated rings. The standard InChI is InChI=1S/C8H18N2O/c1-4-10(3)7-5-6-8(11)9-2/h4-7H2,1-3H3,(H,9,11). The van der Waals surface area contributed by atoms with Crippen molar-refractivity contribution in [2.45, 2.75) is 19.8 Å². The minimum Gasteiger partial charge on any atom is -0.359 e. The molecule has 1 N–H and O–H groups in total. The quantitative estimate of drug-likeness (QED) is 0.630. The third-order valence-electron chi connectivity index (χ3n) is 1.76. The summed E-state index contributed by atoms with van der Waals surface area (Å²) >= 11 is 0. The molecule has 0 aromatic heterocycles. The fraction of sp³-hybridized carbons (Fsp3) is 0.875. The minimum atomic E-state index is 0.134. The molecule has 0 saturated carbocycles. The Balaban J connectivity index is 3.20. The van der Waals surface area contributed by atoms with Gasteiger partial charge in [0.1, 0.15) is 0 Å². The van der Waals surface area contributed by atoms with Crippen LogP contribution < -0.4 is 5.32 Å². The van der Waals surface area contributed by atoms with Gasteiger partial charge in [0, 0.05) is 13.5 Å². The van der Waals surface area contributed by atoms with Crippen LogP contribution in [0.3, 0.4) is 0 Å². The Morgan fingerprint density at radius 3 is 2.64 bits per heavy atom. The molecule has 1 amide bonds. The second kappa shape index (κ2) is 6.16. The molecule has 0 unspecified atom stereocenters. The number of carbonyl (C=O) groups is 1. The first-order chi connectivity index (χ1) is 5.20. The highest BCUT2D eigenvalue weighted by Gasteiger charge is 1.98. The number of hydrogen-bond acceptors (Lipinski definition) is 2. The summed E-state index contributed by atoms with van der Waals surface area (Å²) in [4.78, 5) is 12.9. The summed E-state index contributed by atoms with van der Waals surface area (Å²) < 4.78 is 0. The van der Waals surface area contributed by atoms with Crippen LogP contribution >= 0.6 is 0 Å². The average Bonchev–Trinajstić information content (AvgIpc) is 2.04. The maximum absolute atomic E-state index is 10.8. The number of rotatable bonds is 5. The lowest BCUT2D eigenvalue weighted by atomic mass is 10.3. The smallest absolute Gasteiger partial charge is 0.219 e. The first-order valence-electron chi connectivity index (χ1n) is 4.09. The van der Waals surface area contributed by atoms with Crippen LogP contribution in [0.2, 0.25) is 0 Å². The maximum Gasteiger partial charge on any atom is 0.219 e. The van der Waals surface area contributed by atoms with E-state index in [9.17, 15) is 4.79 Å². The fourth-order valence-electron chi connectivity index (χ4n) is 0.793. The highest BCUT2D eigenvalue weighted by atomic mass is 16.1. The Hall–Kier alpha value is -0.570. The van der Waals surface area contributed by atoms with Crippen molar-refractivity contribution in [3.8, 4) is 0 Å². The molecule has 0 aromatic rings. The number of hydrogen-bond donors (Lipinski definition) is 1. The van der Waals surface area contributed by atoms with E-state index in [1.807, 2.05) is 0 Å². The van der Waals surface area contributed by atoms with Gasteiger partial charge in [-0.2, -0.15) is 0 Å². The highest BCUT2D eigenvalue weighted by molar-refractivity contribution is 5.75. The van der Waals surface area contributed by atoms with E-state index in [0.717, 1.165) is 19.5 Å². The summed E-state index contributed by atoms with van der Waals surface area (Å²) in [5, 5.41) is 2.60. The molecule has 0 aliphatic heterocycles. The summed E-state index contributed by atoms with van der Waals surface area (Å²) in [5.74, 6) is 0.134. The van der Waals surface area contributed by atoms with Crippen molar-refractivity contribution in [2.24, 2.45) is 0 Å². The third kappa shape index (κ3) is 5.85. The molecular weight excluding hydrogens is 140 g/mol. The fourth-order valence-corrected chi connectivity index (χ4v) is 0.793. The van der Waals surface area contributed by atoms with Crippen molar-refractivity contribution in [3.63, 3.8) is 0 Å². The van der Waals surface area contributed by atoms with Crippen LogP contribution in [0.15, 0.2) is 0 Å². The van der Waals surface area contributed by atoms with Gasteiger partial charge in [0.05, 0.1) is 0 Å². The lowest BCUT2D eigenvalue weighted by Gasteiger charge is -2.12. The molecule has 0 aliphatic carbocycles. The monoisotopic (exact) mass is 158 g/mol. The van der Waals surface area contributed by atoms with Crippen molar-refractivity contribution in [2.75, 3.05) is 27.2 Å². The molecule has 0 aliphatic rings. The summed E-state index contributed by atoms with van der Waals surface area (Å²) in [6.45, 7) is 4.16. The van der Waals surface area contributed by atoms with E-state index in [4.69, 9.17) is 0 Å². The third-order valence-corrected chi connectivity index (χ3v) is 1.76. The number of nitrogens with zero attached hydrogens (tertiary/aromatic N) is 1. The minimum absolute atomic E-state index is 0.134. The van der Waals surface area contributed by atoms with Crippen LogP contribution in [0.1, 0.15) is 19.8 Å². The van der Waals surface area contributed by atoms with Gasteiger partial charge in [-0.05, 0) is 26.6 Å². The van der Waals surface area contributed by atoms with Crippen LogP contribution in [0.5, 0.6) is 0 Å². The Labute approximate surface area is 68.8 Å². The van der Waals surface area contributed by atoms with E-state index in [0.29, 0.717) is 6.42 Å². The molecule has 0 heterocycles. The average molecular weight is 158 g/mol. The topological polar surface area (TPSA) is 32.3 Å². The molecule has 3 heteroatoms. The molecule has 0 spiro atoms. The number of amides is 1. The van der Waals surface area contributed by atoms with Gasteiger partial charge in [-0.15, -0.1) is 0 Å². The van der Waals surface area contributed by atoms with Gasteiger partial charge in [-0.1, -0.05) is 6.92 Å². The Kier molecular flexibility index (Phi) is 5.84. The van der Waals surface area contributed by atoms with Gasteiger partial charge >= 0.3 is 0 Å². The summed E-state index contributed by atoms with van der Waals surface area (Å²) in [5.41, 5.74) is 0. The van der Waals surface area contributed by atoms with Gasteiger partial charge in [0.25, 0.3) is 0 Å². The molecule has 0 atom stereocenters. The van der Waals surface area contributed by atoms with Crippen molar-refractivity contribution >= 4 is 5.91 Å². The van der Waals surface area contributed by atoms with E-state index in [1.165, 1.54) is 0 Å². The van der Waals surface area contributed by atoms with E-state index >= 15 is 0 Å². The zero-order chi connectivity index (χ0) is 8.69. The van der Waals surface area contributed by atoms with Crippen LogP contribution in [0.4, 0.5) is 0 Å². The second-order valence-electron chi connectivity index (χ2n) is 2.67. The van der Waals surface area contributed by atoms with Crippen LogP contribution in [0.25, 0.3) is 0 Å². The predicted molar refractivity (Wildman–Crippen MR) is 46.5 cm³/mol. The van der Waals surface area contributed by atoms with Crippen LogP contribution in [0, 0.1) is 0 Å². The van der Waals surface area contributed by atoms with E-state index < -0.39 is 0 Å². The lowest BCUT2D eigenvalue weighted by molar-refractivity contribution is -0.120. The number of carbonyl (C=O) groups excluding carboxylic acids is 1. The number of nitrogens with one attached hydrogen (secondary N) is 1. The van der Waals surface area contributed by atoms with Crippen LogP contribution in [-0.2, 0) is 4.79 Å². The predicted octanol–water partition coefficient (Wildman–Crippen LogP) is 0.464. The zero-order valence-electron chi connectivity index (χ0n) is 7.68. The molecule has 0 bridgehead atoms. The normalized spacial score (nSPS) is 10.2. The van der Waals surface area contributed by atoms with Gasteiger partial charge in [0.15, 0.2) is 0 Å². The Morgan fingerprint density at radius 1 is 1.55 bits per heavy atom. The molecule has 3 nitrogen and oxygen atoms in total. The van der Waals surface area contributed by atoms with E-state index in [1.54, 1.807) is 7.05 Å². The largest absolute Gasteiger partial charge is 0.359 e. The molecule has 0 radical (unpaired) electrons.